The van der Waals surface area contributed by atoms with Crippen LogP contribution in [0.1, 0.15) is 42.5 Å². The minimum Gasteiger partial charge on any atom is -0.369 e. The molecule has 5 N–H and O–H groups in total. The molecule has 0 saturated heterocycles. The Hall–Kier alpha value is -2.57. The first-order valence-corrected chi connectivity index (χ1v) is 7.88. The van der Waals surface area contributed by atoms with Crippen molar-refractivity contribution in [3.8, 4) is 0 Å². The van der Waals surface area contributed by atoms with Gasteiger partial charge in [0.25, 0.3) is 5.91 Å². The zero-order chi connectivity index (χ0) is 16.4. The van der Waals surface area contributed by atoms with Gasteiger partial charge < -0.3 is 16.8 Å². The van der Waals surface area contributed by atoms with Crippen molar-refractivity contribution in [1.29, 1.82) is 0 Å². The first kappa shape index (κ1) is 15.3. The lowest BCUT2D eigenvalue weighted by atomic mass is 9.87. The molecule has 1 heterocycles. The largest absolute Gasteiger partial charge is 0.369 e. The molecule has 1 saturated carbocycles. The number of para-hydroxylation sites is 1. The minimum absolute atomic E-state index is 0.165. The van der Waals surface area contributed by atoms with Crippen LogP contribution in [-0.4, -0.2) is 30.5 Å². The molecular weight excluding hydrogens is 292 g/mol. The van der Waals surface area contributed by atoms with Crippen LogP contribution in [0.25, 0.3) is 0 Å². The van der Waals surface area contributed by atoms with Crippen LogP contribution in [-0.2, 0) is 0 Å². The summed E-state index contributed by atoms with van der Waals surface area (Å²) in [6, 6.07) is 7.36. The van der Waals surface area contributed by atoms with Gasteiger partial charge in [-0.1, -0.05) is 18.6 Å². The number of hydrogen-bond donors (Lipinski definition) is 3. The van der Waals surface area contributed by atoms with Crippen molar-refractivity contribution < 1.29 is 4.79 Å². The molecule has 0 unspecified atom stereocenters. The third kappa shape index (κ3) is 2.62. The van der Waals surface area contributed by atoms with Gasteiger partial charge in [-0.3, -0.25) is 9.69 Å². The third-order valence-electron chi connectivity index (χ3n) is 4.47. The smallest absolute Gasteiger partial charge is 0.253 e. The van der Waals surface area contributed by atoms with E-state index in [1.165, 1.54) is 6.42 Å². The maximum absolute atomic E-state index is 12.2. The van der Waals surface area contributed by atoms with Crippen LogP contribution in [0.15, 0.2) is 34.3 Å². The van der Waals surface area contributed by atoms with E-state index in [2.05, 4.69) is 15.3 Å². The van der Waals surface area contributed by atoms with Gasteiger partial charge in [-0.05, 0) is 37.8 Å². The van der Waals surface area contributed by atoms with Crippen molar-refractivity contribution >= 4 is 23.5 Å². The fourth-order valence-electron chi connectivity index (χ4n) is 3.47. The highest BCUT2D eigenvalue weighted by Gasteiger charge is 2.43. The number of carbonyl (C=O) groups is 1. The number of nitrogens with zero attached hydrogens (tertiary/aromatic N) is 3. The summed E-state index contributed by atoms with van der Waals surface area (Å²) in [5.74, 6) is 0.329. The van der Waals surface area contributed by atoms with E-state index in [-0.39, 0.29) is 17.8 Å². The number of hydrogen-bond acceptors (Lipinski definition) is 6. The first-order chi connectivity index (χ1) is 11.1. The molecule has 1 fully saturated rings. The standard InChI is InChI=1S/C16H22N6O/c1-19-13(23)11-7-3-4-8-12(11)22-15(18)20-14(17)21-16(22)9-5-2-6-10-16/h3-4,7-8H,2,5-6,9-10H2,1H3,(H,19,23)(H4,17,18,20,21). The summed E-state index contributed by atoms with van der Waals surface area (Å²) in [6.07, 6.45) is 4.93. The number of aliphatic imine (C=N–C) groups is 2. The van der Waals surface area contributed by atoms with E-state index in [0.29, 0.717) is 11.3 Å². The van der Waals surface area contributed by atoms with Crippen LogP contribution in [0, 0.1) is 0 Å². The van der Waals surface area contributed by atoms with Crippen LogP contribution in [0.2, 0.25) is 0 Å². The van der Waals surface area contributed by atoms with Gasteiger partial charge in [0, 0.05) is 7.05 Å². The highest BCUT2D eigenvalue weighted by molar-refractivity contribution is 6.09. The lowest BCUT2D eigenvalue weighted by Gasteiger charge is -2.46. The molecule has 1 aliphatic carbocycles. The lowest BCUT2D eigenvalue weighted by molar-refractivity contribution is 0.0963. The highest BCUT2D eigenvalue weighted by atomic mass is 16.1. The van der Waals surface area contributed by atoms with Crippen molar-refractivity contribution in [2.45, 2.75) is 37.8 Å². The van der Waals surface area contributed by atoms with E-state index in [0.717, 1.165) is 25.7 Å². The number of anilines is 1. The number of rotatable bonds is 2. The van der Waals surface area contributed by atoms with E-state index in [4.69, 9.17) is 11.5 Å². The molecule has 3 rings (SSSR count). The number of guanidine groups is 2. The Morgan fingerprint density at radius 3 is 2.61 bits per heavy atom. The molecule has 1 amide bonds. The van der Waals surface area contributed by atoms with Crippen molar-refractivity contribution in [3.05, 3.63) is 29.8 Å². The molecule has 23 heavy (non-hydrogen) atoms. The molecule has 1 aliphatic heterocycles. The van der Waals surface area contributed by atoms with Gasteiger partial charge >= 0.3 is 0 Å². The Labute approximate surface area is 135 Å². The molecule has 122 valence electrons. The second-order valence-electron chi connectivity index (χ2n) is 5.91. The second-order valence-corrected chi connectivity index (χ2v) is 5.91. The Kier molecular flexibility index (Phi) is 3.94. The quantitative estimate of drug-likeness (QED) is 0.761. The predicted molar refractivity (Wildman–Crippen MR) is 91.4 cm³/mol. The maximum Gasteiger partial charge on any atom is 0.253 e. The van der Waals surface area contributed by atoms with Crippen LogP contribution < -0.4 is 21.7 Å². The van der Waals surface area contributed by atoms with Crippen LogP contribution >= 0.6 is 0 Å². The molecule has 1 spiro atoms. The Morgan fingerprint density at radius 2 is 1.91 bits per heavy atom. The molecule has 0 radical (unpaired) electrons. The molecule has 0 bridgehead atoms. The summed E-state index contributed by atoms with van der Waals surface area (Å²) in [7, 11) is 1.61. The number of nitrogens with one attached hydrogen (secondary N) is 1. The fourth-order valence-corrected chi connectivity index (χ4v) is 3.47. The van der Waals surface area contributed by atoms with Gasteiger partial charge in [0.05, 0.1) is 11.3 Å². The van der Waals surface area contributed by atoms with E-state index in [1.54, 1.807) is 13.1 Å². The molecule has 2 aliphatic rings. The van der Waals surface area contributed by atoms with Crippen molar-refractivity contribution in [3.63, 3.8) is 0 Å². The predicted octanol–water partition coefficient (Wildman–Crippen LogP) is 1.16. The molecule has 0 atom stereocenters. The maximum atomic E-state index is 12.2. The van der Waals surface area contributed by atoms with Crippen molar-refractivity contribution in [1.82, 2.24) is 5.32 Å². The van der Waals surface area contributed by atoms with Gasteiger partial charge in [0.1, 0.15) is 5.66 Å². The molecular formula is C16H22N6O. The molecule has 1 aromatic rings. The summed E-state index contributed by atoms with van der Waals surface area (Å²) in [4.78, 5) is 22.9. The third-order valence-corrected chi connectivity index (χ3v) is 4.47. The number of carbonyl (C=O) groups excluding carboxylic acids is 1. The molecule has 1 aromatic carbocycles. The topological polar surface area (TPSA) is 109 Å². The van der Waals surface area contributed by atoms with Gasteiger partial charge in [0.15, 0.2) is 0 Å². The number of amides is 1. The van der Waals surface area contributed by atoms with Crippen LogP contribution in [0.4, 0.5) is 5.69 Å². The highest BCUT2D eigenvalue weighted by Crippen LogP contribution is 2.40. The van der Waals surface area contributed by atoms with Crippen molar-refractivity contribution in [2.75, 3.05) is 11.9 Å². The Morgan fingerprint density at radius 1 is 1.22 bits per heavy atom. The molecule has 7 heteroatoms. The number of nitrogens with two attached hydrogens (primary N) is 2. The summed E-state index contributed by atoms with van der Waals surface area (Å²) < 4.78 is 0. The molecule has 7 nitrogen and oxygen atoms in total. The zero-order valence-corrected chi connectivity index (χ0v) is 13.2. The minimum atomic E-state index is -0.543. The van der Waals surface area contributed by atoms with Gasteiger partial charge in [-0.25, -0.2) is 4.99 Å². The summed E-state index contributed by atoms with van der Waals surface area (Å²) in [5.41, 5.74) is 12.8. The summed E-state index contributed by atoms with van der Waals surface area (Å²) >= 11 is 0. The summed E-state index contributed by atoms with van der Waals surface area (Å²) in [6.45, 7) is 0. The van der Waals surface area contributed by atoms with E-state index >= 15 is 0 Å². The van der Waals surface area contributed by atoms with E-state index < -0.39 is 5.66 Å². The van der Waals surface area contributed by atoms with Crippen LogP contribution in [0.5, 0.6) is 0 Å². The SMILES string of the molecule is CNC(=O)c1ccccc1N1C(N)=NC(N)=NC12CCCCC2. The normalized spacial score (nSPS) is 20.0. The van der Waals surface area contributed by atoms with Crippen molar-refractivity contribution in [2.24, 2.45) is 21.5 Å². The lowest BCUT2D eigenvalue weighted by Crippen LogP contribution is -2.58. The van der Waals surface area contributed by atoms with Gasteiger partial charge in [-0.15, -0.1) is 0 Å². The monoisotopic (exact) mass is 314 g/mol. The van der Waals surface area contributed by atoms with Crippen LogP contribution in [0.3, 0.4) is 0 Å². The van der Waals surface area contributed by atoms with E-state index in [1.807, 2.05) is 23.1 Å². The average Bonchev–Trinajstić information content (AvgIpc) is 2.54. The van der Waals surface area contributed by atoms with E-state index in [9.17, 15) is 4.79 Å². The Balaban J connectivity index is 2.13. The second kappa shape index (κ2) is 5.91. The van der Waals surface area contributed by atoms with Gasteiger partial charge in [-0.2, -0.15) is 4.99 Å². The molecule has 0 aromatic heterocycles. The number of benzene rings is 1. The summed E-state index contributed by atoms with van der Waals surface area (Å²) in [5, 5.41) is 2.67. The first-order valence-electron chi connectivity index (χ1n) is 7.88. The fraction of sp³-hybridized carbons (Fsp3) is 0.438. The van der Waals surface area contributed by atoms with Gasteiger partial charge in [0.2, 0.25) is 11.9 Å². The average molecular weight is 314 g/mol. The Bertz CT molecular complexity index is 675. The zero-order valence-electron chi connectivity index (χ0n) is 13.2.